The van der Waals surface area contributed by atoms with Gasteiger partial charge in [0.05, 0.1) is 23.6 Å². The Morgan fingerprint density at radius 2 is 2.08 bits per heavy atom. The van der Waals surface area contributed by atoms with E-state index >= 15 is 0 Å². The lowest BCUT2D eigenvalue weighted by atomic mass is 10.2. The molecule has 26 heavy (non-hydrogen) atoms. The molecule has 0 aliphatic rings. The fourth-order valence-corrected chi connectivity index (χ4v) is 3.10. The topological polar surface area (TPSA) is 64.2 Å². The number of rotatable bonds is 6. The molecule has 0 spiro atoms. The van der Waals surface area contributed by atoms with E-state index in [2.05, 4.69) is 53.8 Å². The van der Waals surface area contributed by atoms with Crippen molar-refractivity contribution in [3.05, 3.63) is 53.6 Å². The second kappa shape index (κ2) is 7.56. The van der Waals surface area contributed by atoms with Crippen LogP contribution in [0, 0.1) is 19.8 Å². The fourth-order valence-electron chi connectivity index (χ4n) is 3.10. The minimum absolute atomic E-state index is 0.180. The molecule has 3 rings (SSSR count). The van der Waals surface area contributed by atoms with Crippen molar-refractivity contribution in [1.29, 1.82) is 0 Å². The van der Waals surface area contributed by atoms with E-state index in [4.69, 9.17) is 0 Å². The predicted molar refractivity (Wildman–Crippen MR) is 104 cm³/mol. The van der Waals surface area contributed by atoms with Crippen LogP contribution in [0.25, 0.3) is 11.0 Å². The van der Waals surface area contributed by atoms with Gasteiger partial charge in [0.25, 0.3) is 5.91 Å². The van der Waals surface area contributed by atoms with Gasteiger partial charge in [0.2, 0.25) is 0 Å². The number of nitrogens with zero attached hydrogens (tertiary/aromatic N) is 4. The number of amides is 1. The van der Waals surface area contributed by atoms with Crippen molar-refractivity contribution in [3.8, 4) is 0 Å². The normalized spacial score (nSPS) is 11.7. The van der Waals surface area contributed by atoms with Crippen molar-refractivity contribution in [3.63, 3.8) is 0 Å². The molecule has 136 valence electrons. The molecular formula is C20H25N5O. The summed E-state index contributed by atoms with van der Waals surface area (Å²) in [6.45, 7) is 9.74. The quantitative estimate of drug-likeness (QED) is 0.547. The molecule has 0 aliphatic heterocycles. The van der Waals surface area contributed by atoms with Crippen molar-refractivity contribution in [2.24, 2.45) is 11.0 Å². The molecule has 1 amide bonds. The Bertz CT molecular complexity index is 948. The average molecular weight is 351 g/mol. The van der Waals surface area contributed by atoms with Gasteiger partial charge >= 0.3 is 0 Å². The zero-order chi connectivity index (χ0) is 18.7. The van der Waals surface area contributed by atoms with Crippen LogP contribution in [-0.4, -0.2) is 26.2 Å². The van der Waals surface area contributed by atoms with E-state index < -0.39 is 0 Å². The molecule has 2 aromatic heterocycles. The monoisotopic (exact) mass is 351 g/mol. The van der Waals surface area contributed by atoms with Crippen LogP contribution in [0.2, 0.25) is 0 Å². The van der Waals surface area contributed by atoms with Crippen LogP contribution in [0.4, 0.5) is 0 Å². The van der Waals surface area contributed by atoms with Gasteiger partial charge in [-0.1, -0.05) is 26.0 Å². The van der Waals surface area contributed by atoms with Crippen LogP contribution >= 0.6 is 0 Å². The van der Waals surface area contributed by atoms with Gasteiger partial charge in [-0.15, -0.1) is 0 Å². The Morgan fingerprint density at radius 1 is 1.31 bits per heavy atom. The third-order valence-electron chi connectivity index (χ3n) is 4.39. The molecule has 1 N–H and O–H groups in total. The number of nitrogens with one attached hydrogen (secondary N) is 1. The zero-order valence-electron chi connectivity index (χ0n) is 15.7. The maximum atomic E-state index is 12.2. The number of hydrogen-bond acceptors (Lipinski definition) is 3. The highest BCUT2D eigenvalue weighted by Gasteiger charge is 2.09. The van der Waals surface area contributed by atoms with E-state index in [0.29, 0.717) is 5.92 Å². The Hall–Kier alpha value is -2.89. The van der Waals surface area contributed by atoms with Crippen LogP contribution in [0.15, 0.2) is 41.8 Å². The van der Waals surface area contributed by atoms with Crippen molar-refractivity contribution in [1.82, 2.24) is 19.5 Å². The Morgan fingerprint density at radius 3 is 2.85 bits per heavy atom. The third kappa shape index (κ3) is 3.85. The first-order valence-corrected chi connectivity index (χ1v) is 8.84. The highest BCUT2D eigenvalue weighted by molar-refractivity contribution is 5.84. The Balaban J connectivity index is 1.64. The zero-order valence-corrected chi connectivity index (χ0v) is 15.7. The number of hydrazone groups is 1. The van der Waals surface area contributed by atoms with Crippen LogP contribution in [-0.2, 0) is 17.9 Å². The maximum Gasteiger partial charge on any atom is 0.260 e. The van der Waals surface area contributed by atoms with Crippen molar-refractivity contribution >= 4 is 23.2 Å². The molecular weight excluding hydrogens is 326 g/mol. The molecule has 0 atom stereocenters. The van der Waals surface area contributed by atoms with E-state index in [1.165, 1.54) is 5.69 Å². The molecule has 0 saturated carbocycles. The first-order chi connectivity index (χ1) is 12.5. The number of imidazole rings is 1. The summed E-state index contributed by atoms with van der Waals surface area (Å²) in [5.74, 6) is 0.398. The number of hydrogen-bond donors (Lipinski definition) is 1. The Kier molecular flexibility index (Phi) is 5.21. The summed E-state index contributed by atoms with van der Waals surface area (Å²) >= 11 is 0. The van der Waals surface area contributed by atoms with Gasteiger partial charge in [0.1, 0.15) is 6.54 Å². The molecule has 3 aromatic rings. The van der Waals surface area contributed by atoms with Crippen LogP contribution in [0.3, 0.4) is 0 Å². The highest BCUT2D eigenvalue weighted by Crippen LogP contribution is 2.15. The van der Waals surface area contributed by atoms with Gasteiger partial charge in [0, 0.05) is 23.5 Å². The van der Waals surface area contributed by atoms with Gasteiger partial charge in [0.15, 0.2) is 0 Å². The van der Waals surface area contributed by atoms with E-state index in [1.807, 2.05) is 28.8 Å². The van der Waals surface area contributed by atoms with Gasteiger partial charge in [-0.25, -0.2) is 10.4 Å². The minimum atomic E-state index is -0.180. The molecule has 0 fully saturated rings. The molecule has 0 bridgehead atoms. The standard InChI is InChI=1S/C20H25N5O/c1-14(2)11-25-15(3)9-17(16(25)4)10-22-23-20(26)12-24-13-21-18-7-5-6-8-19(18)24/h5-10,13-14H,11-12H2,1-4H3,(H,23,26)/b22-10-. The summed E-state index contributed by atoms with van der Waals surface area (Å²) in [5.41, 5.74) is 7.80. The van der Waals surface area contributed by atoms with Gasteiger partial charge in [-0.05, 0) is 38.0 Å². The van der Waals surface area contributed by atoms with E-state index in [1.54, 1.807) is 12.5 Å². The lowest BCUT2D eigenvalue weighted by Gasteiger charge is -2.11. The molecule has 6 nitrogen and oxygen atoms in total. The van der Waals surface area contributed by atoms with Gasteiger partial charge in [-0.2, -0.15) is 5.10 Å². The fraction of sp³-hybridized carbons (Fsp3) is 0.350. The summed E-state index contributed by atoms with van der Waals surface area (Å²) < 4.78 is 4.10. The summed E-state index contributed by atoms with van der Waals surface area (Å²) in [6, 6.07) is 9.83. The first kappa shape index (κ1) is 17.9. The predicted octanol–water partition coefficient (Wildman–Crippen LogP) is 3.26. The molecule has 0 aliphatic carbocycles. The SMILES string of the molecule is Cc1cc(/C=N\NC(=O)Cn2cnc3ccccc32)c(C)n1CC(C)C. The number of carbonyl (C=O) groups is 1. The number of aromatic nitrogens is 3. The lowest BCUT2D eigenvalue weighted by molar-refractivity contribution is -0.121. The molecule has 6 heteroatoms. The number of fused-ring (bicyclic) bond motifs is 1. The molecule has 1 aromatic carbocycles. The lowest BCUT2D eigenvalue weighted by Crippen LogP contribution is -2.22. The summed E-state index contributed by atoms with van der Waals surface area (Å²) in [4.78, 5) is 16.5. The molecule has 0 saturated heterocycles. The van der Waals surface area contributed by atoms with Crippen molar-refractivity contribution < 1.29 is 4.79 Å². The second-order valence-electron chi connectivity index (χ2n) is 6.99. The maximum absolute atomic E-state index is 12.2. The first-order valence-electron chi connectivity index (χ1n) is 8.84. The van der Waals surface area contributed by atoms with E-state index in [0.717, 1.165) is 28.8 Å². The van der Waals surface area contributed by atoms with Gasteiger partial charge < -0.3 is 9.13 Å². The van der Waals surface area contributed by atoms with E-state index in [9.17, 15) is 4.79 Å². The van der Waals surface area contributed by atoms with E-state index in [-0.39, 0.29) is 12.5 Å². The van der Waals surface area contributed by atoms with Crippen LogP contribution in [0.5, 0.6) is 0 Å². The highest BCUT2D eigenvalue weighted by atomic mass is 16.2. The average Bonchev–Trinajstić information content (AvgIpc) is 3.11. The number of benzene rings is 1. The Labute approximate surface area is 153 Å². The van der Waals surface area contributed by atoms with Crippen LogP contribution < -0.4 is 5.43 Å². The van der Waals surface area contributed by atoms with Crippen molar-refractivity contribution in [2.75, 3.05) is 0 Å². The van der Waals surface area contributed by atoms with Crippen molar-refractivity contribution in [2.45, 2.75) is 40.8 Å². The summed E-state index contributed by atoms with van der Waals surface area (Å²) in [5, 5.41) is 4.12. The van der Waals surface area contributed by atoms with Crippen LogP contribution in [0.1, 0.15) is 30.8 Å². The van der Waals surface area contributed by atoms with Gasteiger partial charge in [-0.3, -0.25) is 4.79 Å². The molecule has 2 heterocycles. The molecule has 0 unspecified atom stereocenters. The summed E-state index contributed by atoms with van der Waals surface area (Å²) in [7, 11) is 0. The smallest absolute Gasteiger partial charge is 0.260 e. The second-order valence-corrected chi connectivity index (χ2v) is 6.99. The number of carbonyl (C=O) groups excluding carboxylic acids is 1. The number of para-hydroxylation sites is 2. The number of aryl methyl sites for hydroxylation is 1. The largest absolute Gasteiger partial charge is 0.348 e. The molecule has 0 radical (unpaired) electrons. The summed E-state index contributed by atoms with van der Waals surface area (Å²) in [6.07, 6.45) is 3.39. The minimum Gasteiger partial charge on any atom is -0.348 e. The third-order valence-corrected chi connectivity index (χ3v) is 4.39.